The summed E-state index contributed by atoms with van der Waals surface area (Å²) < 4.78 is 5.42. The molecule has 5 rings (SSSR count). The monoisotopic (exact) mass is 403 g/mol. The lowest BCUT2D eigenvalue weighted by atomic mass is 10.0. The van der Waals surface area contributed by atoms with Crippen molar-refractivity contribution in [1.29, 1.82) is 0 Å². The van der Waals surface area contributed by atoms with Crippen LogP contribution in [-0.4, -0.2) is 41.3 Å². The van der Waals surface area contributed by atoms with Gasteiger partial charge in [0, 0.05) is 53.2 Å². The van der Waals surface area contributed by atoms with Gasteiger partial charge in [-0.25, -0.2) is 15.0 Å². The Hall–Kier alpha value is -3.03. The van der Waals surface area contributed by atoms with E-state index in [0.29, 0.717) is 5.95 Å². The minimum atomic E-state index is 0.595. The van der Waals surface area contributed by atoms with Crippen molar-refractivity contribution in [3.05, 3.63) is 59.7 Å². The van der Waals surface area contributed by atoms with Crippen LogP contribution in [0, 0.1) is 6.92 Å². The summed E-state index contributed by atoms with van der Waals surface area (Å²) in [6, 6.07) is 12.5. The summed E-state index contributed by atoms with van der Waals surface area (Å²) in [5.41, 5.74) is 5.39. The van der Waals surface area contributed by atoms with E-state index in [2.05, 4.69) is 57.4 Å². The zero-order valence-electron chi connectivity index (χ0n) is 16.1. The maximum atomic E-state index is 5.42. The molecule has 2 aromatic carbocycles. The van der Waals surface area contributed by atoms with Crippen LogP contribution in [0.15, 0.2) is 54.2 Å². The Morgan fingerprint density at radius 3 is 2.62 bits per heavy atom. The molecule has 0 bridgehead atoms. The number of hydrogen-bond donors (Lipinski definition) is 1. The molecule has 1 saturated heterocycles. The molecule has 7 heteroatoms. The van der Waals surface area contributed by atoms with Gasteiger partial charge < -0.3 is 15.0 Å². The van der Waals surface area contributed by atoms with Crippen molar-refractivity contribution in [3.63, 3.8) is 0 Å². The molecule has 29 heavy (non-hydrogen) atoms. The predicted molar refractivity (Wildman–Crippen MR) is 118 cm³/mol. The van der Waals surface area contributed by atoms with Gasteiger partial charge in [0.25, 0.3) is 0 Å². The number of anilines is 3. The van der Waals surface area contributed by atoms with E-state index in [9.17, 15) is 0 Å². The first-order valence-electron chi connectivity index (χ1n) is 9.64. The Bertz CT molecular complexity index is 1120. The highest BCUT2D eigenvalue weighted by molar-refractivity contribution is 7.13. The van der Waals surface area contributed by atoms with Crippen LogP contribution in [0.1, 0.15) is 5.56 Å². The SMILES string of the molecule is Cc1c(-c2nccs2)ccc2nc(Nc3ccc(N4CCOCC4)cc3)ncc12. The summed E-state index contributed by atoms with van der Waals surface area (Å²) in [6.45, 7) is 5.54. The molecule has 6 nitrogen and oxygen atoms in total. The minimum Gasteiger partial charge on any atom is -0.378 e. The Morgan fingerprint density at radius 1 is 1.03 bits per heavy atom. The first kappa shape index (κ1) is 18.0. The zero-order chi connectivity index (χ0) is 19.6. The standard InChI is InChI=1S/C22H21N5OS/c1-15-18(21-23-8-13-29-21)6-7-20-19(15)14-24-22(26-20)25-16-2-4-17(5-3-16)27-9-11-28-12-10-27/h2-8,13-14H,9-12H2,1H3,(H,24,25,26). The van der Waals surface area contributed by atoms with Gasteiger partial charge in [-0.05, 0) is 48.9 Å². The topological polar surface area (TPSA) is 63.2 Å². The molecule has 3 heterocycles. The third-order valence-corrected chi connectivity index (χ3v) is 6.00. The van der Waals surface area contributed by atoms with Crippen LogP contribution in [0.4, 0.5) is 17.3 Å². The van der Waals surface area contributed by atoms with Crippen molar-refractivity contribution >= 4 is 39.6 Å². The maximum absolute atomic E-state index is 5.42. The van der Waals surface area contributed by atoms with E-state index in [-0.39, 0.29) is 0 Å². The number of aromatic nitrogens is 3. The van der Waals surface area contributed by atoms with Crippen LogP contribution in [-0.2, 0) is 4.74 Å². The second-order valence-electron chi connectivity index (χ2n) is 6.97. The van der Waals surface area contributed by atoms with Crippen molar-refractivity contribution in [2.75, 3.05) is 36.5 Å². The van der Waals surface area contributed by atoms with Gasteiger partial charge in [-0.3, -0.25) is 0 Å². The molecule has 0 aliphatic carbocycles. The molecule has 0 saturated carbocycles. The smallest absolute Gasteiger partial charge is 0.227 e. The number of thiazole rings is 1. The van der Waals surface area contributed by atoms with Crippen molar-refractivity contribution < 1.29 is 4.74 Å². The quantitative estimate of drug-likeness (QED) is 0.535. The van der Waals surface area contributed by atoms with Crippen LogP contribution in [0.5, 0.6) is 0 Å². The number of nitrogens with one attached hydrogen (secondary N) is 1. The number of nitrogens with zero attached hydrogens (tertiary/aromatic N) is 4. The molecule has 1 aliphatic rings. The van der Waals surface area contributed by atoms with Gasteiger partial charge in [0.15, 0.2) is 0 Å². The molecule has 0 atom stereocenters. The largest absolute Gasteiger partial charge is 0.378 e. The number of rotatable bonds is 4. The predicted octanol–water partition coefficient (Wildman–Crippen LogP) is 4.64. The molecule has 0 amide bonds. The number of benzene rings is 2. The van der Waals surface area contributed by atoms with Gasteiger partial charge in [0.05, 0.1) is 18.7 Å². The first-order chi connectivity index (χ1) is 14.3. The van der Waals surface area contributed by atoms with Crippen LogP contribution in [0.3, 0.4) is 0 Å². The Kier molecular flexibility index (Phi) is 4.83. The lowest BCUT2D eigenvalue weighted by molar-refractivity contribution is 0.122. The van der Waals surface area contributed by atoms with Crippen molar-refractivity contribution in [1.82, 2.24) is 15.0 Å². The summed E-state index contributed by atoms with van der Waals surface area (Å²) >= 11 is 1.64. The molecule has 1 aliphatic heterocycles. The van der Waals surface area contributed by atoms with Crippen LogP contribution in [0.2, 0.25) is 0 Å². The molecule has 1 fully saturated rings. The lowest BCUT2D eigenvalue weighted by Gasteiger charge is -2.28. The molecule has 0 radical (unpaired) electrons. The van der Waals surface area contributed by atoms with Gasteiger partial charge in [-0.1, -0.05) is 0 Å². The van der Waals surface area contributed by atoms with Crippen molar-refractivity contribution in [3.8, 4) is 10.6 Å². The molecular weight excluding hydrogens is 382 g/mol. The fourth-order valence-electron chi connectivity index (χ4n) is 3.60. The fourth-order valence-corrected chi connectivity index (χ4v) is 4.32. The van der Waals surface area contributed by atoms with Gasteiger partial charge in [0.2, 0.25) is 5.95 Å². The van der Waals surface area contributed by atoms with E-state index in [1.54, 1.807) is 11.3 Å². The first-order valence-corrected chi connectivity index (χ1v) is 10.5. The van der Waals surface area contributed by atoms with Crippen LogP contribution < -0.4 is 10.2 Å². The highest BCUT2D eigenvalue weighted by atomic mass is 32.1. The molecule has 0 unspecified atom stereocenters. The average Bonchev–Trinajstić information content (AvgIpc) is 3.30. The van der Waals surface area contributed by atoms with Crippen molar-refractivity contribution in [2.45, 2.75) is 6.92 Å². The van der Waals surface area contributed by atoms with E-state index >= 15 is 0 Å². The number of morpholine rings is 1. The van der Waals surface area contributed by atoms with E-state index in [1.165, 1.54) is 5.69 Å². The third kappa shape index (κ3) is 3.66. The van der Waals surface area contributed by atoms with E-state index in [1.807, 2.05) is 23.8 Å². The van der Waals surface area contributed by atoms with E-state index < -0.39 is 0 Å². The number of fused-ring (bicyclic) bond motifs is 1. The van der Waals surface area contributed by atoms with Gasteiger partial charge in [-0.15, -0.1) is 11.3 Å². The number of aryl methyl sites for hydroxylation is 1. The summed E-state index contributed by atoms with van der Waals surface area (Å²) in [7, 11) is 0. The second kappa shape index (κ2) is 7.77. The minimum absolute atomic E-state index is 0.595. The molecule has 0 spiro atoms. The molecule has 1 N–H and O–H groups in total. The average molecular weight is 404 g/mol. The van der Waals surface area contributed by atoms with E-state index in [0.717, 1.165) is 59.0 Å². The Morgan fingerprint density at radius 2 is 1.86 bits per heavy atom. The normalized spacial score (nSPS) is 14.3. The number of ether oxygens (including phenoxy) is 1. The Balaban J connectivity index is 1.37. The van der Waals surface area contributed by atoms with Gasteiger partial charge >= 0.3 is 0 Å². The lowest BCUT2D eigenvalue weighted by Crippen LogP contribution is -2.36. The van der Waals surface area contributed by atoms with Gasteiger partial charge in [-0.2, -0.15) is 0 Å². The third-order valence-electron chi connectivity index (χ3n) is 5.20. The summed E-state index contributed by atoms with van der Waals surface area (Å²) in [4.78, 5) is 16.0. The van der Waals surface area contributed by atoms with E-state index in [4.69, 9.17) is 9.72 Å². The fraction of sp³-hybridized carbons (Fsp3) is 0.227. The second-order valence-corrected chi connectivity index (χ2v) is 7.87. The summed E-state index contributed by atoms with van der Waals surface area (Å²) in [6.07, 6.45) is 3.72. The summed E-state index contributed by atoms with van der Waals surface area (Å²) in [5, 5.41) is 7.37. The highest BCUT2D eigenvalue weighted by Gasteiger charge is 2.12. The molecular formula is C22H21N5OS. The van der Waals surface area contributed by atoms with Crippen LogP contribution >= 0.6 is 11.3 Å². The van der Waals surface area contributed by atoms with Gasteiger partial charge in [0.1, 0.15) is 5.01 Å². The molecule has 4 aromatic rings. The molecule has 146 valence electrons. The Labute approximate surface area is 173 Å². The number of hydrogen-bond acceptors (Lipinski definition) is 7. The summed E-state index contributed by atoms with van der Waals surface area (Å²) in [5.74, 6) is 0.595. The molecule has 2 aromatic heterocycles. The zero-order valence-corrected chi connectivity index (χ0v) is 16.9. The van der Waals surface area contributed by atoms with Crippen molar-refractivity contribution in [2.24, 2.45) is 0 Å². The highest BCUT2D eigenvalue weighted by Crippen LogP contribution is 2.30. The maximum Gasteiger partial charge on any atom is 0.227 e. The van der Waals surface area contributed by atoms with Crippen LogP contribution in [0.25, 0.3) is 21.5 Å².